The average molecular weight is 412 g/mol. The first-order valence-electron chi connectivity index (χ1n) is 7.45. The second kappa shape index (κ2) is 6.83. The summed E-state index contributed by atoms with van der Waals surface area (Å²) >= 11 is 3.12. The molecule has 0 aliphatic carbocycles. The van der Waals surface area contributed by atoms with Crippen molar-refractivity contribution in [2.24, 2.45) is 0 Å². The van der Waals surface area contributed by atoms with Crippen LogP contribution in [0.1, 0.15) is 39.3 Å². The predicted octanol–water partition coefficient (Wildman–Crippen LogP) is 3.33. The van der Waals surface area contributed by atoms with Gasteiger partial charge in [0.2, 0.25) is 0 Å². The first-order chi connectivity index (χ1) is 11.5. The summed E-state index contributed by atoms with van der Waals surface area (Å²) in [6.07, 6.45) is 0. The van der Waals surface area contributed by atoms with E-state index in [0.29, 0.717) is 15.7 Å². The third kappa shape index (κ3) is 4.36. The third-order valence-electron chi connectivity index (χ3n) is 3.39. The topological polar surface area (TPSA) is 111 Å². The zero-order valence-corrected chi connectivity index (χ0v) is 15.8. The maximum atomic E-state index is 12.6. The molecule has 9 heteroatoms. The fourth-order valence-electron chi connectivity index (χ4n) is 2.40. The van der Waals surface area contributed by atoms with Crippen LogP contribution in [0.15, 0.2) is 33.9 Å². The lowest BCUT2D eigenvalue weighted by Crippen LogP contribution is -2.46. The summed E-state index contributed by atoms with van der Waals surface area (Å²) in [6.45, 7) is 6.78. The molecule has 1 aliphatic heterocycles. The van der Waals surface area contributed by atoms with Gasteiger partial charge in [-0.25, -0.2) is 9.59 Å². The van der Waals surface area contributed by atoms with Crippen LogP contribution in [0.3, 0.4) is 0 Å². The Hall–Kier alpha value is -2.42. The zero-order valence-electron chi connectivity index (χ0n) is 14.2. The Morgan fingerprint density at radius 1 is 1.36 bits per heavy atom. The summed E-state index contributed by atoms with van der Waals surface area (Å²) in [5, 5.41) is 16.3. The monoisotopic (exact) mass is 411 g/mol. The van der Waals surface area contributed by atoms with Crippen molar-refractivity contribution in [1.29, 1.82) is 0 Å². The van der Waals surface area contributed by atoms with Crippen molar-refractivity contribution >= 4 is 33.6 Å². The number of nitro groups is 1. The number of halogens is 1. The van der Waals surface area contributed by atoms with E-state index in [9.17, 15) is 19.7 Å². The molecule has 1 aromatic carbocycles. The Morgan fingerprint density at radius 2 is 2.00 bits per heavy atom. The summed E-state index contributed by atoms with van der Waals surface area (Å²) in [5.74, 6) is -0.604. The van der Waals surface area contributed by atoms with E-state index in [2.05, 4.69) is 26.6 Å². The number of nitrogens with zero attached hydrogens (tertiary/aromatic N) is 1. The van der Waals surface area contributed by atoms with Gasteiger partial charge in [-0.15, -0.1) is 0 Å². The average Bonchev–Trinajstić information content (AvgIpc) is 2.44. The van der Waals surface area contributed by atoms with Gasteiger partial charge in [-0.05, 0) is 55.3 Å². The molecule has 0 radical (unpaired) electrons. The number of urea groups is 1. The van der Waals surface area contributed by atoms with E-state index in [0.717, 1.165) is 0 Å². The SMILES string of the molecule is CC1=C(C(=O)OC(C)(C)C)C(c2ccc(Br)c([N+](=O)[O-])c2)NC(=O)N1. The molecule has 1 atom stereocenters. The molecule has 0 saturated heterocycles. The third-order valence-corrected chi connectivity index (χ3v) is 4.06. The van der Waals surface area contributed by atoms with Gasteiger partial charge in [0.25, 0.3) is 5.69 Å². The van der Waals surface area contributed by atoms with Crippen LogP contribution in [-0.4, -0.2) is 22.5 Å². The van der Waals surface area contributed by atoms with Crippen molar-refractivity contribution in [3.63, 3.8) is 0 Å². The van der Waals surface area contributed by atoms with E-state index in [4.69, 9.17) is 4.74 Å². The highest BCUT2D eigenvalue weighted by atomic mass is 79.9. The molecule has 1 unspecified atom stereocenters. The van der Waals surface area contributed by atoms with E-state index in [1.165, 1.54) is 12.1 Å². The molecule has 2 N–H and O–H groups in total. The van der Waals surface area contributed by atoms with Gasteiger partial charge in [-0.3, -0.25) is 10.1 Å². The summed E-state index contributed by atoms with van der Waals surface area (Å²) in [4.78, 5) is 35.0. The molecule has 0 saturated carbocycles. The second-order valence-corrected chi connectivity index (χ2v) is 7.39. The van der Waals surface area contributed by atoms with Crippen molar-refractivity contribution < 1.29 is 19.2 Å². The van der Waals surface area contributed by atoms with Crippen LogP contribution in [0.25, 0.3) is 0 Å². The van der Waals surface area contributed by atoms with E-state index in [-0.39, 0.29) is 11.3 Å². The van der Waals surface area contributed by atoms with Crippen LogP contribution < -0.4 is 10.6 Å². The van der Waals surface area contributed by atoms with Gasteiger partial charge in [-0.1, -0.05) is 6.07 Å². The van der Waals surface area contributed by atoms with Gasteiger partial charge in [0.05, 0.1) is 21.0 Å². The number of carbonyl (C=O) groups is 2. The van der Waals surface area contributed by atoms with Crippen LogP contribution in [-0.2, 0) is 9.53 Å². The number of ether oxygens (including phenoxy) is 1. The number of carbonyl (C=O) groups excluding carboxylic acids is 2. The molecule has 25 heavy (non-hydrogen) atoms. The van der Waals surface area contributed by atoms with Gasteiger partial charge >= 0.3 is 12.0 Å². The molecule has 0 spiro atoms. The molecular weight excluding hydrogens is 394 g/mol. The maximum absolute atomic E-state index is 12.6. The summed E-state index contributed by atoms with van der Waals surface area (Å²) in [5.41, 5.74) is 0.0679. The van der Waals surface area contributed by atoms with Crippen molar-refractivity contribution in [2.45, 2.75) is 39.3 Å². The number of hydrogen-bond donors (Lipinski definition) is 2. The van der Waals surface area contributed by atoms with Crippen LogP contribution in [0.2, 0.25) is 0 Å². The summed E-state index contributed by atoms with van der Waals surface area (Å²) < 4.78 is 5.71. The highest BCUT2D eigenvalue weighted by molar-refractivity contribution is 9.10. The Morgan fingerprint density at radius 3 is 2.56 bits per heavy atom. The number of hydrogen-bond acceptors (Lipinski definition) is 5. The quantitative estimate of drug-likeness (QED) is 0.450. The lowest BCUT2D eigenvalue weighted by molar-refractivity contribution is -0.385. The molecule has 2 amide bonds. The largest absolute Gasteiger partial charge is 0.456 e. The van der Waals surface area contributed by atoms with Crippen LogP contribution in [0.4, 0.5) is 10.5 Å². The number of nitro benzene ring substituents is 1. The standard InChI is InChI=1S/C16H18BrN3O5/c1-8-12(14(21)25-16(2,3)4)13(19-15(22)18-8)9-5-6-10(17)11(7-9)20(23)24/h5-7,13H,1-4H3,(H2,18,19,22). The number of rotatable bonds is 3. The summed E-state index contributed by atoms with van der Waals surface area (Å²) in [7, 11) is 0. The Kier molecular flexibility index (Phi) is 5.17. The molecule has 1 aromatic rings. The van der Waals surface area contributed by atoms with Gasteiger partial charge in [0.1, 0.15) is 5.60 Å². The van der Waals surface area contributed by atoms with Gasteiger partial charge in [0.15, 0.2) is 0 Å². The number of nitrogens with one attached hydrogen (secondary N) is 2. The Balaban J connectivity index is 2.51. The second-order valence-electron chi connectivity index (χ2n) is 6.54. The molecule has 1 heterocycles. The van der Waals surface area contributed by atoms with E-state index >= 15 is 0 Å². The predicted molar refractivity (Wildman–Crippen MR) is 93.7 cm³/mol. The Labute approximate surface area is 152 Å². The smallest absolute Gasteiger partial charge is 0.338 e. The molecular formula is C16H18BrN3O5. The minimum absolute atomic E-state index is 0.161. The van der Waals surface area contributed by atoms with E-state index in [1.807, 2.05) is 0 Å². The number of esters is 1. The lowest BCUT2D eigenvalue weighted by Gasteiger charge is -2.30. The molecule has 2 rings (SSSR count). The van der Waals surface area contributed by atoms with Crippen LogP contribution >= 0.6 is 15.9 Å². The van der Waals surface area contributed by atoms with Crippen molar-refractivity contribution in [3.8, 4) is 0 Å². The Bertz CT molecular complexity index is 782. The van der Waals surface area contributed by atoms with Gasteiger partial charge < -0.3 is 15.4 Å². The van der Waals surface area contributed by atoms with Crippen molar-refractivity contribution in [1.82, 2.24) is 10.6 Å². The fourth-order valence-corrected chi connectivity index (χ4v) is 2.79. The minimum Gasteiger partial charge on any atom is -0.456 e. The van der Waals surface area contributed by atoms with Crippen LogP contribution in [0.5, 0.6) is 0 Å². The molecule has 1 aliphatic rings. The summed E-state index contributed by atoms with van der Waals surface area (Å²) in [6, 6.07) is 3.07. The zero-order chi connectivity index (χ0) is 18.9. The van der Waals surface area contributed by atoms with Gasteiger partial charge in [-0.2, -0.15) is 0 Å². The number of benzene rings is 1. The molecule has 0 aromatic heterocycles. The normalized spacial score (nSPS) is 17.6. The molecule has 0 fully saturated rings. The van der Waals surface area contributed by atoms with Gasteiger partial charge in [0, 0.05) is 11.8 Å². The highest BCUT2D eigenvalue weighted by Gasteiger charge is 2.34. The number of allylic oxidation sites excluding steroid dienone is 1. The molecule has 134 valence electrons. The minimum atomic E-state index is -0.851. The van der Waals surface area contributed by atoms with Crippen molar-refractivity contribution in [3.05, 3.63) is 49.6 Å². The van der Waals surface area contributed by atoms with Crippen molar-refractivity contribution in [2.75, 3.05) is 0 Å². The highest BCUT2D eigenvalue weighted by Crippen LogP contribution is 2.33. The first-order valence-corrected chi connectivity index (χ1v) is 8.24. The lowest BCUT2D eigenvalue weighted by atomic mass is 9.95. The maximum Gasteiger partial charge on any atom is 0.338 e. The fraction of sp³-hybridized carbons (Fsp3) is 0.375. The molecule has 0 bridgehead atoms. The van der Waals surface area contributed by atoms with E-state index < -0.39 is 28.6 Å². The first kappa shape index (κ1) is 18.9. The van der Waals surface area contributed by atoms with Crippen LogP contribution in [0, 0.1) is 10.1 Å². The number of amides is 2. The molecule has 8 nitrogen and oxygen atoms in total. The van der Waals surface area contributed by atoms with E-state index in [1.54, 1.807) is 33.8 Å².